The Morgan fingerprint density at radius 2 is 2.00 bits per heavy atom. The van der Waals surface area contributed by atoms with Crippen molar-refractivity contribution in [1.82, 2.24) is 0 Å². The Balaban J connectivity index is 2.80. The fourth-order valence-electron chi connectivity index (χ4n) is 0.943. The number of aliphatic carboxylic acids is 1. The molecule has 0 aliphatic carbocycles. The van der Waals surface area contributed by atoms with Gasteiger partial charge in [0.15, 0.2) is 0 Å². The Hall–Kier alpha value is -1.93. The number of rotatable bonds is 3. The second-order valence-electron chi connectivity index (χ2n) is 2.51. The Labute approximate surface area is 75.1 Å². The standard InChI is InChI=1S/C9H8N2O2/c10-11-8(9(12)13)6-7-4-2-1-3-5-7/h1-5H,6H2,(H,12,13). The molecule has 0 radical (unpaired) electrons. The molecule has 66 valence electrons. The number of carboxylic acids is 1. The molecule has 1 rings (SSSR count). The first-order valence-corrected chi connectivity index (χ1v) is 3.72. The average molecular weight is 176 g/mol. The van der Waals surface area contributed by atoms with Gasteiger partial charge in [0.2, 0.25) is 0 Å². The Morgan fingerprint density at radius 1 is 1.38 bits per heavy atom. The topological polar surface area (TPSA) is 73.7 Å². The zero-order chi connectivity index (χ0) is 9.68. The van der Waals surface area contributed by atoms with Crippen LogP contribution in [0.5, 0.6) is 0 Å². The van der Waals surface area contributed by atoms with Crippen molar-refractivity contribution < 1.29 is 14.7 Å². The summed E-state index contributed by atoms with van der Waals surface area (Å²) in [5.41, 5.74) is 8.91. The lowest BCUT2D eigenvalue weighted by Crippen LogP contribution is -2.16. The summed E-state index contributed by atoms with van der Waals surface area (Å²) < 4.78 is 0. The second-order valence-corrected chi connectivity index (χ2v) is 2.51. The van der Waals surface area contributed by atoms with Crippen molar-refractivity contribution in [1.29, 1.82) is 0 Å². The lowest BCUT2D eigenvalue weighted by atomic mass is 10.1. The van der Waals surface area contributed by atoms with Crippen LogP contribution in [0.2, 0.25) is 0 Å². The summed E-state index contributed by atoms with van der Waals surface area (Å²) in [6, 6.07) is 8.97. The molecule has 4 nitrogen and oxygen atoms in total. The number of benzene rings is 1. The molecular formula is C9H8N2O2. The maximum atomic E-state index is 10.4. The van der Waals surface area contributed by atoms with Gasteiger partial charge in [0.25, 0.3) is 0 Å². The van der Waals surface area contributed by atoms with Gasteiger partial charge in [-0.15, -0.1) is 0 Å². The van der Waals surface area contributed by atoms with Crippen molar-refractivity contribution in [3.8, 4) is 0 Å². The van der Waals surface area contributed by atoms with Crippen LogP contribution in [0.1, 0.15) is 5.56 Å². The number of carboxylic acid groups (broad SMARTS) is 1. The highest BCUT2D eigenvalue weighted by atomic mass is 16.4. The lowest BCUT2D eigenvalue weighted by Gasteiger charge is -1.92. The van der Waals surface area contributed by atoms with E-state index in [1.54, 1.807) is 24.3 Å². The molecule has 0 aromatic heterocycles. The first-order chi connectivity index (χ1) is 6.24. The first-order valence-electron chi connectivity index (χ1n) is 3.72. The molecule has 0 saturated carbocycles. The molecule has 0 bridgehead atoms. The summed E-state index contributed by atoms with van der Waals surface area (Å²) >= 11 is 0. The summed E-state index contributed by atoms with van der Waals surface area (Å²) in [6.45, 7) is 0. The highest BCUT2D eigenvalue weighted by molar-refractivity contribution is 6.33. The van der Waals surface area contributed by atoms with Crippen molar-refractivity contribution in [2.75, 3.05) is 0 Å². The van der Waals surface area contributed by atoms with Crippen LogP contribution in [-0.2, 0) is 11.2 Å². The van der Waals surface area contributed by atoms with Crippen molar-refractivity contribution in [2.45, 2.75) is 6.42 Å². The van der Waals surface area contributed by atoms with E-state index in [2.05, 4.69) is 4.79 Å². The van der Waals surface area contributed by atoms with Crippen LogP contribution < -0.4 is 0 Å². The van der Waals surface area contributed by atoms with Gasteiger partial charge in [0.05, 0.1) is 6.42 Å². The lowest BCUT2D eigenvalue weighted by molar-refractivity contribution is -0.134. The van der Waals surface area contributed by atoms with E-state index >= 15 is 0 Å². The summed E-state index contributed by atoms with van der Waals surface area (Å²) in [5, 5.41) is 8.54. The summed E-state index contributed by atoms with van der Waals surface area (Å²) in [5.74, 6) is -1.20. The van der Waals surface area contributed by atoms with Gasteiger partial charge in [-0.2, -0.15) is 4.79 Å². The van der Waals surface area contributed by atoms with E-state index in [4.69, 9.17) is 10.6 Å². The fraction of sp³-hybridized carbons (Fsp3) is 0.111. The third kappa shape index (κ3) is 2.54. The molecule has 0 fully saturated rings. The maximum Gasteiger partial charge on any atom is 0.414 e. The molecule has 1 aromatic carbocycles. The number of hydrogen-bond donors (Lipinski definition) is 1. The van der Waals surface area contributed by atoms with E-state index in [9.17, 15) is 4.79 Å². The van der Waals surface area contributed by atoms with Crippen LogP contribution >= 0.6 is 0 Å². The highest BCUT2D eigenvalue weighted by Crippen LogP contribution is 1.99. The van der Waals surface area contributed by atoms with Crippen molar-refractivity contribution in [2.24, 2.45) is 0 Å². The molecule has 13 heavy (non-hydrogen) atoms. The predicted octanol–water partition coefficient (Wildman–Crippen LogP) is 0.984. The molecule has 0 heterocycles. The smallest absolute Gasteiger partial charge is 0.414 e. The summed E-state index contributed by atoms with van der Waals surface area (Å²) in [4.78, 5) is 13.1. The molecule has 0 aliphatic rings. The van der Waals surface area contributed by atoms with Crippen molar-refractivity contribution in [3.05, 3.63) is 41.4 Å². The Bertz CT molecular complexity index is 353. The maximum absolute atomic E-state index is 10.4. The zero-order valence-electron chi connectivity index (χ0n) is 6.84. The summed E-state index contributed by atoms with van der Waals surface area (Å²) in [7, 11) is 0. The third-order valence-corrected chi connectivity index (χ3v) is 1.58. The molecule has 1 aromatic rings. The first kappa shape index (κ1) is 9.16. The minimum atomic E-state index is -1.20. The van der Waals surface area contributed by atoms with Gasteiger partial charge in [0.1, 0.15) is 0 Å². The van der Waals surface area contributed by atoms with Crippen LogP contribution in [0.4, 0.5) is 0 Å². The van der Waals surface area contributed by atoms with Gasteiger partial charge in [-0.1, -0.05) is 30.3 Å². The molecule has 0 atom stereocenters. The average Bonchev–Trinajstić information content (AvgIpc) is 2.15. The molecule has 4 heteroatoms. The second kappa shape index (κ2) is 4.18. The highest BCUT2D eigenvalue weighted by Gasteiger charge is 2.18. The van der Waals surface area contributed by atoms with Crippen LogP contribution in [0.25, 0.3) is 5.53 Å². The van der Waals surface area contributed by atoms with Gasteiger partial charge in [0, 0.05) is 0 Å². The molecule has 0 amide bonds. The number of nitrogens with zero attached hydrogens (tertiary/aromatic N) is 2. The van der Waals surface area contributed by atoms with Gasteiger partial charge < -0.3 is 10.6 Å². The van der Waals surface area contributed by atoms with E-state index in [0.29, 0.717) is 0 Å². The fourth-order valence-corrected chi connectivity index (χ4v) is 0.943. The Morgan fingerprint density at radius 3 is 2.46 bits per heavy atom. The molecule has 0 aliphatic heterocycles. The molecule has 0 spiro atoms. The van der Waals surface area contributed by atoms with Gasteiger partial charge in [-0.3, -0.25) is 0 Å². The minimum Gasteiger partial charge on any atom is -0.473 e. The van der Waals surface area contributed by atoms with Crippen LogP contribution in [0, 0.1) is 0 Å². The van der Waals surface area contributed by atoms with Crippen LogP contribution in [-0.4, -0.2) is 21.6 Å². The van der Waals surface area contributed by atoms with E-state index in [1.165, 1.54) is 0 Å². The van der Waals surface area contributed by atoms with Crippen molar-refractivity contribution in [3.63, 3.8) is 0 Å². The Kier molecular flexibility index (Phi) is 2.95. The van der Waals surface area contributed by atoms with Crippen LogP contribution in [0.15, 0.2) is 30.3 Å². The quantitative estimate of drug-likeness (QED) is 0.423. The van der Waals surface area contributed by atoms with E-state index in [0.717, 1.165) is 5.56 Å². The SMILES string of the molecule is [N-]=[N+]=C(Cc1ccccc1)C(=O)O. The molecule has 0 saturated heterocycles. The molecule has 0 unspecified atom stereocenters. The number of carbonyl (C=O) groups is 1. The van der Waals surface area contributed by atoms with E-state index in [-0.39, 0.29) is 12.1 Å². The molecular weight excluding hydrogens is 168 g/mol. The predicted molar refractivity (Wildman–Crippen MR) is 46.4 cm³/mol. The zero-order valence-corrected chi connectivity index (χ0v) is 6.84. The van der Waals surface area contributed by atoms with Gasteiger partial charge in [-0.05, 0) is 5.56 Å². The molecule has 1 N–H and O–H groups in total. The third-order valence-electron chi connectivity index (χ3n) is 1.58. The summed E-state index contributed by atoms with van der Waals surface area (Å²) in [6.07, 6.45) is 0.132. The van der Waals surface area contributed by atoms with Crippen molar-refractivity contribution >= 4 is 11.7 Å². The van der Waals surface area contributed by atoms with Gasteiger partial charge >= 0.3 is 11.7 Å². The monoisotopic (exact) mass is 176 g/mol. The number of hydrogen-bond acceptors (Lipinski definition) is 1. The van der Waals surface area contributed by atoms with E-state index in [1.807, 2.05) is 6.07 Å². The van der Waals surface area contributed by atoms with E-state index < -0.39 is 5.97 Å². The largest absolute Gasteiger partial charge is 0.473 e. The van der Waals surface area contributed by atoms with Gasteiger partial charge in [-0.25, -0.2) is 4.79 Å². The minimum absolute atomic E-state index is 0.132. The normalized spacial score (nSPS) is 8.92. The van der Waals surface area contributed by atoms with Crippen LogP contribution in [0.3, 0.4) is 0 Å².